The lowest BCUT2D eigenvalue weighted by atomic mass is 9.99. The van der Waals surface area contributed by atoms with E-state index >= 15 is 0 Å². The average molecular weight is 310 g/mol. The molecule has 2 nitrogen and oxygen atoms in total. The van der Waals surface area contributed by atoms with Crippen molar-refractivity contribution < 1.29 is 4.79 Å². The van der Waals surface area contributed by atoms with Crippen molar-refractivity contribution in [3.05, 3.63) is 35.4 Å². The number of carbonyl (C=O) groups excluding carboxylic acids is 1. The van der Waals surface area contributed by atoms with Crippen LogP contribution in [0.3, 0.4) is 0 Å². The van der Waals surface area contributed by atoms with Crippen LogP contribution >= 0.6 is 15.9 Å². The standard InChI is InChI=1S/C15H20BrNO/c1-12-4-2-5-13(8-12)9-15(18)17-7-3-6-14(10-16)11-17/h2,4-5,8,14H,3,6-7,9-11H2,1H3. The molecule has 1 fully saturated rings. The number of likely N-dealkylation sites (tertiary alicyclic amines) is 1. The molecule has 1 unspecified atom stereocenters. The first-order valence-electron chi connectivity index (χ1n) is 6.58. The van der Waals surface area contributed by atoms with Gasteiger partial charge in [-0.3, -0.25) is 4.79 Å². The van der Waals surface area contributed by atoms with Gasteiger partial charge in [-0.1, -0.05) is 45.8 Å². The van der Waals surface area contributed by atoms with Crippen molar-refractivity contribution in [3.63, 3.8) is 0 Å². The van der Waals surface area contributed by atoms with Crippen LogP contribution in [0, 0.1) is 12.8 Å². The lowest BCUT2D eigenvalue weighted by molar-refractivity contribution is -0.132. The first-order chi connectivity index (χ1) is 8.69. The van der Waals surface area contributed by atoms with Crippen molar-refractivity contribution in [2.75, 3.05) is 18.4 Å². The number of rotatable bonds is 3. The van der Waals surface area contributed by atoms with E-state index < -0.39 is 0 Å². The number of carbonyl (C=O) groups is 1. The molecule has 98 valence electrons. The largest absolute Gasteiger partial charge is 0.342 e. The van der Waals surface area contributed by atoms with Crippen LogP contribution < -0.4 is 0 Å². The van der Waals surface area contributed by atoms with Crippen molar-refractivity contribution >= 4 is 21.8 Å². The van der Waals surface area contributed by atoms with E-state index in [1.165, 1.54) is 12.0 Å². The Balaban J connectivity index is 1.95. The molecular weight excluding hydrogens is 290 g/mol. The average Bonchev–Trinajstić information content (AvgIpc) is 2.39. The highest BCUT2D eigenvalue weighted by Gasteiger charge is 2.22. The maximum atomic E-state index is 12.3. The second kappa shape index (κ2) is 6.37. The third-order valence-corrected chi connectivity index (χ3v) is 4.44. The molecule has 3 heteroatoms. The number of aryl methyl sites for hydroxylation is 1. The van der Waals surface area contributed by atoms with Crippen LogP contribution in [0.1, 0.15) is 24.0 Å². The summed E-state index contributed by atoms with van der Waals surface area (Å²) in [5.74, 6) is 0.895. The summed E-state index contributed by atoms with van der Waals surface area (Å²) in [5, 5.41) is 1.00. The van der Waals surface area contributed by atoms with Gasteiger partial charge in [0.25, 0.3) is 0 Å². The smallest absolute Gasteiger partial charge is 0.226 e. The Morgan fingerprint density at radius 2 is 2.33 bits per heavy atom. The van der Waals surface area contributed by atoms with Crippen molar-refractivity contribution in [1.82, 2.24) is 4.90 Å². The third-order valence-electron chi connectivity index (χ3n) is 3.53. The summed E-state index contributed by atoms with van der Waals surface area (Å²) in [6.07, 6.45) is 2.91. The van der Waals surface area contributed by atoms with Gasteiger partial charge in [-0.05, 0) is 31.2 Å². The van der Waals surface area contributed by atoms with Crippen molar-refractivity contribution in [3.8, 4) is 0 Å². The zero-order valence-electron chi connectivity index (χ0n) is 10.9. The molecule has 1 aliphatic rings. The Bertz CT molecular complexity index is 419. The maximum Gasteiger partial charge on any atom is 0.226 e. The molecule has 1 aromatic carbocycles. The number of piperidine rings is 1. The Hall–Kier alpha value is -0.830. The van der Waals surface area contributed by atoms with Crippen LogP contribution in [-0.2, 0) is 11.2 Å². The van der Waals surface area contributed by atoms with Crippen LogP contribution in [0.15, 0.2) is 24.3 Å². The number of hydrogen-bond donors (Lipinski definition) is 0. The monoisotopic (exact) mass is 309 g/mol. The molecule has 0 aromatic heterocycles. The molecule has 2 rings (SSSR count). The highest BCUT2D eigenvalue weighted by molar-refractivity contribution is 9.09. The van der Waals surface area contributed by atoms with Gasteiger partial charge < -0.3 is 4.90 Å². The van der Waals surface area contributed by atoms with Crippen LogP contribution in [0.5, 0.6) is 0 Å². The quantitative estimate of drug-likeness (QED) is 0.785. The van der Waals surface area contributed by atoms with Crippen molar-refractivity contribution in [2.24, 2.45) is 5.92 Å². The number of amides is 1. The van der Waals surface area contributed by atoms with E-state index in [-0.39, 0.29) is 5.91 Å². The zero-order valence-corrected chi connectivity index (χ0v) is 12.4. The fourth-order valence-electron chi connectivity index (χ4n) is 2.53. The third kappa shape index (κ3) is 3.58. The first kappa shape index (κ1) is 13.6. The second-order valence-corrected chi connectivity index (χ2v) is 5.82. The lowest BCUT2D eigenvalue weighted by Gasteiger charge is -2.32. The summed E-state index contributed by atoms with van der Waals surface area (Å²) in [5.41, 5.74) is 2.35. The highest BCUT2D eigenvalue weighted by Crippen LogP contribution is 2.19. The van der Waals surface area contributed by atoms with E-state index in [0.29, 0.717) is 12.3 Å². The van der Waals surface area contributed by atoms with Gasteiger partial charge in [0, 0.05) is 18.4 Å². The predicted octanol–water partition coefficient (Wildman–Crippen LogP) is 3.17. The van der Waals surface area contributed by atoms with E-state index in [4.69, 9.17) is 0 Å². The fraction of sp³-hybridized carbons (Fsp3) is 0.533. The molecule has 1 aromatic rings. The Morgan fingerprint density at radius 3 is 3.06 bits per heavy atom. The SMILES string of the molecule is Cc1cccc(CC(=O)N2CCCC(CBr)C2)c1. The minimum Gasteiger partial charge on any atom is -0.342 e. The summed E-state index contributed by atoms with van der Waals surface area (Å²) in [7, 11) is 0. The molecular formula is C15H20BrNO. The van der Waals surface area contributed by atoms with Gasteiger partial charge in [0.1, 0.15) is 0 Å². The van der Waals surface area contributed by atoms with Gasteiger partial charge in [-0.15, -0.1) is 0 Å². The summed E-state index contributed by atoms with van der Waals surface area (Å²) in [6.45, 7) is 3.90. The minimum absolute atomic E-state index is 0.270. The zero-order chi connectivity index (χ0) is 13.0. The normalized spacial score (nSPS) is 19.9. The summed E-state index contributed by atoms with van der Waals surface area (Å²) in [6, 6.07) is 8.23. The molecule has 1 saturated heterocycles. The molecule has 1 heterocycles. The number of hydrogen-bond acceptors (Lipinski definition) is 1. The van der Waals surface area contributed by atoms with Crippen molar-refractivity contribution in [1.29, 1.82) is 0 Å². The number of halogens is 1. The number of benzene rings is 1. The topological polar surface area (TPSA) is 20.3 Å². The maximum absolute atomic E-state index is 12.3. The van der Waals surface area contributed by atoms with E-state index in [2.05, 4.69) is 35.0 Å². The first-order valence-corrected chi connectivity index (χ1v) is 7.70. The molecule has 0 radical (unpaired) electrons. The molecule has 0 bridgehead atoms. The number of alkyl halides is 1. The van der Waals surface area contributed by atoms with Gasteiger partial charge in [0.15, 0.2) is 0 Å². The van der Waals surface area contributed by atoms with E-state index in [1.54, 1.807) is 0 Å². The van der Waals surface area contributed by atoms with Gasteiger partial charge in [-0.2, -0.15) is 0 Å². The summed E-state index contributed by atoms with van der Waals surface area (Å²) in [4.78, 5) is 14.3. The summed E-state index contributed by atoms with van der Waals surface area (Å²) < 4.78 is 0. The van der Waals surface area contributed by atoms with E-state index in [9.17, 15) is 4.79 Å². The summed E-state index contributed by atoms with van der Waals surface area (Å²) >= 11 is 3.53. The van der Waals surface area contributed by atoms with E-state index in [0.717, 1.165) is 30.4 Å². The Labute approximate surface area is 117 Å². The molecule has 0 aliphatic carbocycles. The van der Waals surface area contributed by atoms with E-state index in [1.807, 2.05) is 17.0 Å². The number of nitrogens with zero attached hydrogens (tertiary/aromatic N) is 1. The van der Waals surface area contributed by atoms with Crippen LogP contribution in [0.25, 0.3) is 0 Å². The lowest BCUT2D eigenvalue weighted by Crippen LogP contribution is -2.41. The van der Waals surface area contributed by atoms with Gasteiger partial charge in [0.05, 0.1) is 6.42 Å². The van der Waals surface area contributed by atoms with Crippen LogP contribution in [0.2, 0.25) is 0 Å². The molecule has 18 heavy (non-hydrogen) atoms. The van der Waals surface area contributed by atoms with Crippen LogP contribution in [-0.4, -0.2) is 29.2 Å². The fourth-order valence-corrected chi connectivity index (χ4v) is 3.05. The Kier molecular flexibility index (Phi) is 4.81. The van der Waals surface area contributed by atoms with Crippen LogP contribution in [0.4, 0.5) is 0 Å². The molecule has 0 spiro atoms. The Morgan fingerprint density at radius 1 is 1.50 bits per heavy atom. The molecule has 0 N–H and O–H groups in total. The minimum atomic E-state index is 0.270. The molecule has 1 atom stereocenters. The predicted molar refractivity (Wildman–Crippen MR) is 78.0 cm³/mol. The van der Waals surface area contributed by atoms with Gasteiger partial charge >= 0.3 is 0 Å². The van der Waals surface area contributed by atoms with Gasteiger partial charge in [-0.25, -0.2) is 0 Å². The van der Waals surface area contributed by atoms with Gasteiger partial charge in [0.2, 0.25) is 5.91 Å². The second-order valence-electron chi connectivity index (χ2n) is 5.17. The molecule has 1 amide bonds. The molecule has 0 saturated carbocycles. The molecule has 1 aliphatic heterocycles. The highest BCUT2D eigenvalue weighted by atomic mass is 79.9. The van der Waals surface area contributed by atoms with Crippen molar-refractivity contribution in [2.45, 2.75) is 26.2 Å².